The summed E-state index contributed by atoms with van der Waals surface area (Å²) in [6, 6.07) is 4.98. The van der Waals surface area contributed by atoms with Crippen molar-refractivity contribution < 1.29 is 9.50 Å². The average Bonchev–Trinajstić information content (AvgIpc) is 2.31. The van der Waals surface area contributed by atoms with Crippen molar-refractivity contribution in [1.29, 1.82) is 0 Å². The quantitative estimate of drug-likeness (QED) is 0.868. The zero-order chi connectivity index (χ0) is 13.1. The van der Waals surface area contributed by atoms with Gasteiger partial charge in [0.2, 0.25) is 0 Å². The lowest BCUT2D eigenvalue weighted by Gasteiger charge is -2.27. The fraction of sp³-hybridized carbons (Fsp3) is 0.600. The fourth-order valence-corrected chi connectivity index (χ4v) is 4.23. The molecule has 0 aliphatic heterocycles. The van der Waals surface area contributed by atoms with Crippen molar-refractivity contribution in [2.75, 3.05) is 0 Å². The largest absolute Gasteiger partial charge is 0.389 e. The van der Waals surface area contributed by atoms with Crippen molar-refractivity contribution >= 4 is 11.8 Å². The van der Waals surface area contributed by atoms with E-state index in [9.17, 15) is 9.50 Å². The lowest BCUT2D eigenvalue weighted by molar-refractivity contribution is 0.195. The fourth-order valence-electron chi connectivity index (χ4n) is 2.63. The molecule has 18 heavy (non-hydrogen) atoms. The predicted octanol–water partition coefficient (Wildman–Crippen LogP) is 4.55. The number of aliphatic hydroxyl groups excluding tert-OH is 1. The second-order valence-corrected chi connectivity index (χ2v) is 6.66. The van der Waals surface area contributed by atoms with Crippen molar-refractivity contribution in [3.8, 4) is 0 Å². The van der Waals surface area contributed by atoms with Crippen LogP contribution in [0.15, 0.2) is 23.1 Å². The minimum absolute atomic E-state index is 0.198. The van der Waals surface area contributed by atoms with E-state index in [1.165, 1.54) is 18.9 Å². The van der Waals surface area contributed by atoms with Gasteiger partial charge < -0.3 is 5.11 Å². The number of aliphatic hydroxyl groups is 1. The van der Waals surface area contributed by atoms with Gasteiger partial charge in [0.15, 0.2) is 0 Å². The topological polar surface area (TPSA) is 20.2 Å². The van der Waals surface area contributed by atoms with Crippen molar-refractivity contribution in [3.63, 3.8) is 0 Å². The molecule has 0 spiro atoms. The highest BCUT2D eigenvalue weighted by Gasteiger charge is 2.23. The Hall–Kier alpha value is -0.540. The van der Waals surface area contributed by atoms with Crippen molar-refractivity contribution in [1.82, 2.24) is 0 Å². The summed E-state index contributed by atoms with van der Waals surface area (Å²) in [4.78, 5) is 0.645. The number of thioether (sulfide) groups is 1. The third-order valence-corrected chi connectivity index (χ3v) is 5.05. The molecular formula is C15H21FOS. The van der Waals surface area contributed by atoms with Crippen LogP contribution < -0.4 is 0 Å². The maximum Gasteiger partial charge on any atom is 0.137 e. The summed E-state index contributed by atoms with van der Waals surface area (Å²) in [5.74, 6) is 0.537. The lowest BCUT2D eigenvalue weighted by atomic mass is 9.91. The zero-order valence-electron chi connectivity index (χ0n) is 11.0. The maximum atomic E-state index is 13.9. The van der Waals surface area contributed by atoms with Crippen LogP contribution in [-0.4, -0.2) is 10.4 Å². The Bertz CT molecular complexity index is 405. The molecule has 1 aromatic carbocycles. The maximum absolute atomic E-state index is 13.9. The van der Waals surface area contributed by atoms with E-state index in [2.05, 4.69) is 6.92 Å². The molecule has 1 aliphatic carbocycles. The molecule has 1 fully saturated rings. The van der Waals surface area contributed by atoms with E-state index in [1.807, 2.05) is 6.07 Å². The van der Waals surface area contributed by atoms with Gasteiger partial charge in [0, 0.05) is 10.1 Å². The van der Waals surface area contributed by atoms with Crippen LogP contribution in [0.4, 0.5) is 4.39 Å². The minimum Gasteiger partial charge on any atom is -0.389 e. The Balaban J connectivity index is 2.17. The normalized spacial score (nSPS) is 26.0. The van der Waals surface area contributed by atoms with Crippen LogP contribution in [0, 0.1) is 11.7 Å². The summed E-state index contributed by atoms with van der Waals surface area (Å²) in [5.41, 5.74) is 0.721. The molecule has 0 radical (unpaired) electrons. The van der Waals surface area contributed by atoms with E-state index in [0.717, 1.165) is 24.3 Å². The van der Waals surface area contributed by atoms with Crippen LogP contribution in [0.5, 0.6) is 0 Å². The van der Waals surface area contributed by atoms with Gasteiger partial charge in [0.25, 0.3) is 0 Å². The highest BCUT2D eigenvalue weighted by atomic mass is 32.2. The minimum atomic E-state index is -0.607. The van der Waals surface area contributed by atoms with Crippen LogP contribution >= 0.6 is 11.8 Å². The van der Waals surface area contributed by atoms with Crippen molar-refractivity contribution in [3.05, 3.63) is 29.6 Å². The molecule has 1 saturated carbocycles. The van der Waals surface area contributed by atoms with Gasteiger partial charge >= 0.3 is 0 Å². The van der Waals surface area contributed by atoms with Crippen molar-refractivity contribution in [2.24, 2.45) is 5.92 Å². The smallest absolute Gasteiger partial charge is 0.137 e. The molecule has 0 saturated heterocycles. The molecule has 100 valence electrons. The summed E-state index contributed by atoms with van der Waals surface area (Å²) in [6.07, 6.45) is 4.22. The van der Waals surface area contributed by atoms with Crippen LogP contribution in [0.3, 0.4) is 0 Å². The monoisotopic (exact) mass is 268 g/mol. The molecule has 1 N–H and O–H groups in total. The molecule has 0 bridgehead atoms. The van der Waals surface area contributed by atoms with Gasteiger partial charge in [-0.05, 0) is 37.3 Å². The van der Waals surface area contributed by atoms with E-state index in [0.29, 0.717) is 10.1 Å². The third kappa shape index (κ3) is 3.27. The van der Waals surface area contributed by atoms with Gasteiger partial charge in [-0.2, -0.15) is 0 Å². The highest BCUT2D eigenvalue weighted by Crippen LogP contribution is 2.39. The van der Waals surface area contributed by atoms with Gasteiger partial charge in [-0.15, -0.1) is 11.8 Å². The van der Waals surface area contributed by atoms with Gasteiger partial charge in [-0.25, -0.2) is 4.39 Å². The molecular weight excluding hydrogens is 247 g/mol. The summed E-state index contributed by atoms with van der Waals surface area (Å²) in [7, 11) is 0. The standard InChI is InChI=1S/C15H21FOS/c1-10-5-3-6-12(9-10)18-15-13(11(2)17)7-4-8-14(15)16/h4,7-8,10-12,17H,3,5-6,9H2,1-2H3/t10?,11-,12?/m0/s1. The first kappa shape index (κ1) is 13.9. The summed E-state index contributed by atoms with van der Waals surface area (Å²) < 4.78 is 13.9. The summed E-state index contributed by atoms with van der Waals surface area (Å²) in [6.45, 7) is 3.96. The Morgan fingerprint density at radius 1 is 1.39 bits per heavy atom. The van der Waals surface area contributed by atoms with Gasteiger partial charge in [-0.3, -0.25) is 0 Å². The van der Waals surface area contributed by atoms with E-state index in [-0.39, 0.29) is 5.82 Å². The number of halogens is 1. The first-order chi connectivity index (χ1) is 8.58. The molecule has 1 aliphatic rings. The molecule has 2 rings (SSSR count). The number of benzene rings is 1. The van der Waals surface area contributed by atoms with Gasteiger partial charge in [0.1, 0.15) is 5.82 Å². The van der Waals surface area contributed by atoms with E-state index >= 15 is 0 Å². The Morgan fingerprint density at radius 2 is 2.17 bits per heavy atom. The molecule has 1 nitrogen and oxygen atoms in total. The van der Waals surface area contributed by atoms with Gasteiger partial charge in [0.05, 0.1) is 6.10 Å². The molecule has 0 aromatic heterocycles. The van der Waals surface area contributed by atoms with Crippen LogP contribution in [-0.2, 0) is 0 Å². The first-order valence-corrected chi connectivity index (χ1v) is 7.59. The second-order valence-electron chi connectivity index (χ2n) is 5.35. The zero-order valence-corrected chi connectivity index (χ0v) is 11.8. The molecule has 2 unspecified atom stereocenters. The second kappa shape index (κ2) is 6.07. The number of rotatable bonds is 3. The van der Waals surface area contributed by atoms with Crippen LogP contribution in [0.25, 0.3) is 0 Å². The third-order valence-electron chi connectivity index (χ3n) is 3.62. The molecule has 0 heterocycles. The molecule has 3 heteroatoms. The highest BCUT2D eigenvalue weighted by molar-refractivity contribution is 8.00. The van der Waals surface area contributed by atoms with Crippen LogP contribution in [0.2, 0.25) is 0 Å². The van der Waals surface area contributed by atoms with E-state index in [1.54, 1.807) is 24.8 Å². The molecule has 3 atom stereocenters. The summed E-state index contributed by atoms with van der Waals surface area (Å²) >= 11 is 1.61. The SMILES string of the molecule is CC1CCCC(Sc2c(F)cccc2[C@H](C)O)C1. The van der Waals surface area contributed by atoms with Gasteiger partial charge in [-0.1, -0.05) is 31.9 Å². The van der Waals surface area contributed by atoms with E-state index < -0.39 is 6.10 Å². The predicted molar refractivity (Wildman–Crippen MR) is 74.3 cm³/mol. The number of hydrogen-bond donors (Lipinski definition) is 1. The first-order valence-electron chi connectivity index (χ1n) is 6.71. The Kier molecular flexibility index (Phi) is 4.68. The molecule has 0 amide bonds. The van der Waals surface area contributed by atoms with Crippen molar-refractivity contribution in [2.45, 2.75) is 55.8 Å². The Labute approximate surface area is 113 Å². The lowest BCUT2D eigenvalue weighted by Crippen LogP contribution is -2.15. The molecule has 1 aromatic rings. The van der Waals surface area contributed by atoms with E-state index in [4.69, 9.17) is 0 Å². The summed E-state index contributed by atoms with van der Waals surface area (Å²) in [5, 5.41) is 10.2. The average molecular weight is 268 g/mol. The van der Waals surface area contributed by atoms with Crippen LogP contribution in [0.1, 0.15) is 51.2 Å². The Morgan fingerprint density at radius 3 is 2.83 bits per heavy atom. The number of hydrogen-bond acceptors (Lipinski definition) is 2.